The van der Waals surface area contributed by atoms with Gasteiger partial charge in [-0.1, -0.05) is 28.1 Å². The van der Waals surface area contributed by atoms with Gasteiger partial charge in [0.15, 0.2) is 0 Å². The quantitative estimate of drug-likeness (QED) is 0.490. The molecule has 1 aromatic carbocycles. The average Bonchev–Trinajstić information content (AvgIpc) is 3.43. The minimum atomic E-state index is -3.93. The highest BCUT2D eigenvalue weighted by atomic mass is 79.9. The summed E-state index contributed by atoms with van der Waals surface area (Å²) in [6.45, 7) is 0. The predicted molar refractivity (Wildman–Crippen MR) is 107 cm³/mol. The fraction of sp³-hybridized carbons (Fsp3) is 0.571. The van der Waals surface area contributed by atoms with E-state index in [0.29, 0.717) is 17.8 Å². The van der Waals surface area contributed by atoms with Gasteiger partial charge in [-0.2, -0.15) is 23.9 Å². The van der Waals surface area contributed by atoms with Gasteiger partial charge in [0.2, 0.25) is 0 Å². The van der Waals surface area contributed by atoms with Crippen LogP contribution in [0.1, 0.15) is 12.8 Å². The van der Waals surface area contributed by atoms with E-state index in [1.54, 1.807) is 12.1 Å². The first-order valence-corrected chi connectivity index (χ1v) is 12.3. The van der Waals surface area contributed by atoms with Crippen LogP contribution in [0.15, 0.2) is 56.0 Å². The van der Waals surface area contributed by atoms with Crippen LogP contribution in [-0.2, 0) is 14.3 Å². The molecule has 0 N–H and O–H groups in total. The first-order chi connectivity index (χ1) is 14.0. The third-order valence-corrected chi connectivity index (χ3v) is 9.77. The van der Waals surface area contributed by atoms with Crippen molar-refractivity contribution < 1.29 is 12.6 Å². The van der Waals surface area contributed by atoms with Gasteiger partial charge in [-0.3, -0.25) is 4.18 Å². The zero-order valence-corrected chi connectivity index (χ0v) is 17.9. The normalized spacial score (nSPS) is 45.9. The Hall–Kier alpha value is -1.56. The van der Waals surface area contributed by atoms with Gasteiger partial charge in [-0.05, 0) is 66.7 Å². The van der Waals surface area contributed by atoms with Gasteiger partial charge in [0.25, 0.3) is 10.1 Å². The monoisotopic (exact) mass is 473 g/mol. The summed E-state index contributed by atoms with van der Waals surface area (Å²) in [6.07, 6.45) is 5.80. The van der Waals surface area contributed by atoms with Crippen LogP contribution < -0.4 is 0 Å². The van der Waals surface area contributed by atoms with Crippen molar-refractivity contribution >= 4 is 26.0 Å². The largest absolute Gasteiger partial charge is 0.297 e. The lowest BCUT2D eigenvalue weighted by atomic mass is 9.56. The average molecular weight is 474 g/mol. The van der Waals surface area contributed by atoms with E-state index in [2.05, 4.69) is 44.4 Å². The van der Waals surface area contributed by atoms with Crippen LogP contribution in [0.3, 0.4) is 0 Å². The first-order valence-electron chi connectivity index (χ1n) is 10.1. The fourth-order valence-corrected chi connectivity index (χ4v) is 8.35. The van der Waals surface area contributed by atoms with E-state index in [1.165, 1.54) is 12.1 Å². The second kappa shape index (κ2) is 6.22. The molecule has 0 unspecified atom stereocenters. The van der Waals surface area contributed by atoms with Crippen LogP contribution in [0.2, 0.25) is 0 Å². The van der Waals surface area contributed by atoms with E-state index in [1.807, 2.05) is 0 Å². The molecule has 0 aromatic heterocycles. The predicted octanol–water partition coefficient (Wildman–Crippen LogP) is 3.95. The van der Waals surface area contributed by atoms with Crippen LogP contribution in [0.25, 0.3) is 0 Å². The molecule has 2 aliphatic heterocycles. The number of hydrogen-bond acceptors (Lipinski definition) is 6. The van der Waals surface area contributed by atoms with Crippen molar-refractivity contribution in [2.75, 3.05) is 0 Å². The number of azo groups is 1. The lowest BCUT2D eigenvalue weighted by Crippen LogP contribution is -2.58. The summed E-state index contributed by atoms with van der Waals surface area (Å²) in [6, 6.07) is 9.09. The minimum Gasteiger partial charge on any atom is -0.261 e. The molecule has 0 spiro atoms. The molecule has 6 nitrogen and oxygen atoms in total. The number of rotatable bonds is 3. The van der Waals surface area contributed by atoms with E-state index in [9.17, 15) is 13.7 Å². The van der Waals surface area contributed by atoms with E-state index >= 15 is 0 Å². The van der Waals surface area contributed by atoms with Gasteiger partial charge < -0.3 is 0 Å². The Morgan fingerprint density at radius 3 is 2.55 bits per heavy atom. The van der Waals surface area contributed by atoms with Gasteiger partial charge in [-0.15, -0.1) is 0 Å². The zero-order valence-electron chi connectivity index (χ0n) is 15.5. The highest BCUT2D eigenvalue weighted by Crippen LogP contribution is 2.66. The van der Waals surface area contributed by atoms with Crippen LogP contribution in [0, 0.1) is 52.8 Å². The summed E-state index contributed by atoms with van der Waals surface area (Å²) in [5.41, 5.74) is 0. The Morgan fingerprint density at radius 2 is 1.79 bits per heavy atom. The maximum absolute atomic E-state index is 12.9. The van der Waals surface area contributed by atoms with E-state index in [0.717, 1.165) is 17.3 Å². The van der Waals surface area contributed by atoms with Gasteiger partial charge >= 0.3 is 0 Å². The molecule has 8 heteroatoms. The highest BCUT2D eigenvalue weighted by molar-refractivity contribution is 9.10. The van der Waals surface area contributed by atoms with Crippen LogP contribution in [0.5, 0.6) is 0 Å². The standard InChI is InChI=1S/C21H20BrN3O3S/c22-10-4-6-11(7-5-10)29(26,27)28-21-15-8-14(16(21)9-23)17-18(15)20-13-3-1-2-12(13)19(17)24-25-20/h1-2,4-7,12-21H,3,8H2/t12-,13+,14-,15-,16+,17+,18-,19-,20+,21-/m0/s1. The highest BCUT2D eigenvalue weighted by Gasteiger charge is 2.69. The number of allylic oxidation sites excluding steroid dienone is 1. The second-order valence-corrected chi connectivity index (χ2v) is 11.4. The third-order valence-electron chi connectivity index (χ3n) is 7.92. The summed E-state index contributed by atoms with van der Waals surface area (Å²) in [5, 5.41) is 19.2. The third kappa shape index (κ3) is 2.44. The summed E-state index contributed by atoms with van der Waals surface area (Å²) in [4.78, 5) is 0.127. The number of halogens is 1. The Bertz CT molecular complexity index is 1060. The first kappa shape index (κ1) is 18.2. The Labute approximate surface area is 178 Å². The van der Waals surface area contributed by atoms with Gasteiger partial charge in [0.1, 0.15) is 0 Å². The molecule has 4 aliphatic carbocycles. The molecule has 1 aromatic rings. The maximum Gasteiger partial charge on any atom is 0.297 e. The minimum absolute atomic E-state index is 0.0492. The van der Waals surface area contributed by atoms with Crippen molar-refractivity contribution in [3.8, 4) is 6.07 Å². The molecule has 0 radical (unpaired) electrons. The second-order valence-electron chi connectivity index (χ2n) is 8.96. The number of hydrogen-bond donors (Lipinski definition) is 0. The molecular formula is C21H20BrN3O3S. The Morgan fingerprint density at radius 1 is 1.07 bits per heavy atom. The van der Waals surface area contributed by atoms with E-state index < -0.39 is 22.1 Å². The summed E-state index contributed by atoms with van der Waals surface area (Å²) in [5.74, 6) is 1.29. The molecule has 29 heavy (non-hydrogen) atoms. The van der Waals surface area contributed by atoms with Gasteiger partial charge in [0, 0.05) is 10.4 Å². The smallest absolute Gasteiger partial charge is 0.261 e. The Balaban J connectivity index is 1.33. The molecule has 6 aliphatic rings. The van der Waals surface area contributed by atoms with E-state index in [-0.39, 0.29) is 34.7 Å². The fourth-order valence-electron chi connectivity index (χ4n) is 6.95. The van der Waals surface area contributed by atoms with Crippen LogP contribution >= 0.6 is 15.9 Å². The lowest BCUT2D eigenvalue weighted by Gasteiger charge is -2.53. The number of fused-ring (bicyclic) bond motifs is 2. The summed E-state index contributed by atoms with van der Waals surface area (Å²) in [7, 11) is -3.93. The molecule has 4 bridgehead atoms. The van der Waals surface area contributed by atoms with Gasteiger partial charge in [-0.25, -0.2) is 0 Å². The van der Waals surface area contributed by atoms with E-state index in [4.69, 9.17) is 4.18 Å². The Kier molecular flexibility index (Phi) is 3.91. The molecule has 2 heterocycles. The summed E-state index contributed by atoms with van der Waals surface area (Å²) < 4.78 is 32.5. The molecule has 3 saturated carbocycles. The number of nitrogens with zero attached hydrogens (tertiary/aromatic N) is 3. The molecule has 0 saturated heterocycles. The van der Waals surface area contributed by atoms with Crippen LogP contribution in [0.4, 0.5) is 0 Å². The molecular weight excluding hydrogens is 454 g/mol. The van der Waals surface area contributed by atoms with Crippen LogP contribution in [-0.4, -0.2) is 26.6 Å². The topological polar surface area (TPSA) is 91.9 Å². The SMILES string of the molecule is N#C[C@@H]1[C@@H]2C[C@H]([C@@H]1OS(=O)(=O)c1ccc(Br)cc1)[C@@H]1[C@@H]3N=N[C@@H]([C@H]4C=CC[C@H]43)[C@H]21. The molecule has 0 amide bonds. The molecule has 150 valence electrons. The number of nitriles is 1. The number of benzene rings is 1. The zero-order chi connectivity index (χ0) is 19.9. The van der Waals surface area contributed by atoms with Crippen molar-refractivity contribution in [3.63, 3.8) is 0 Å². The molecule has 7 rings (SSSR count). The summed E-state index contributed by atoms with van der Waals surface area (Å²) >= 11 is 3.32. The van der Waals surface area contributed by atoms with Crippen molar-refractivity contribution in [1.82, 2.24) is 0 Å². The van der Waals surface area contributed by atoms with Crippen molar-refractivity contribution in [1.29, 1.82) is 5.26 Å². The molecule has 3 fully saturated rings. The van der Waals surface area contributed by atoms with Crippen molar-refractivity contribution in [3.05, 3.63) is 40.9 Å². The molecule has 10 atom stereocenters. The lowest BCUT2D eigenvalue weighted by molar-refractivity contribution is -0.0383. The van der Waals surface area contributed by atoms with Gasteiger partial charge in [0.05, 0.1) is 35.1 Å². The maximum atomic E-state index is 12.9. The van der Waals surface area contributed by atoms with Crippen molar-refractivity contribution in [2.45, 2.75) is 35.9 Å². The van der Waals surface area contributed by atoms with Crippen molar-refractivity contribution in [2.24, 2.45) is 51.7 Å².